The first-order chi connectivity index (χ1) is 9.02. The Balaban J connectivity index is 2.12. The molecule has 19 heavy (non-hydrogen) atoms. The third-order valence-electron chi connectivity index (χ3n) is 4.28. The maximum absolute atomic E-state index is 11.3. The normalized spacial score (nSPS) is 26.3. The van der Waals surface area contributed by atoms with Gasteiger partial charge in [0.25, 0.3) is 5.91 Å². The summed E-state index contributed by atoms with van der Waals surface area (Å²) in [7, 11) is 0. The monoisotopic (exact) mass is 262 g/mol. The van der Waals surface area contributed by atoms with Crippen LogP contribution in [0.1, 0.15) is 43.5 Å². The van der Waals surface area contributed by atoms with Gasteiger partial charge in [0.15, 0.2) is 0 Å². The number of pyridine rings is 1. The lowest BCUT2D eigenvalue weighted by Crippen LogP contribution is -2.25. The molecule has 0 aromatic carbocycles. The van der Waals surface area contributed by atoms with E-state index in [2.05, 4.69) is 24.1 Å². The van der Waals surface area contributed by atoms with Gasteiger partial charge in [-0.25, -0.2) is 4.98 Å². The Hall–Kier alpha value is -1.78. The highest BCUT2D eigenvalue weighted by atomic mass is 16.1. The molecule has 1 amide bonds. The van der Waals surface area contributed by atoms with E-state index in [1.807, 2.05) is 0 Å². The van der Waals surface area contributed by atoms with E-state index in [9.17, 15) is 4.79 Å². The average Bonchev–Trinajstić information content (AvgIpc) is 2.72. The van der Waals surface area contributed by atoms with E-state index in [-0.39, 0.29) is 0 Å². The van der Waals surface area contributed by atoms with E-state index in [4.69, 9.17) is 11.5 Å². The Bertz CT molecular complexity index is 475. The van der Waals surface area contributed by atoms with Gasteiger partial charge in [0, 0.05) is 6.04 Å². The summed E-state index contributed by atoms with van der Waals surface area (Å²) in [6, 6.07) is 2.05. The molecule has 0 radical (unpaired) electrons. The Labute approximate surface area is 113 Å². The van der Waals surface area contributed by atoms with Crippen molar-refractivity contribution in [1.29, 1.82) is 0 Å². The van der Waals surface area contributed by atoms with E-state index in [1.54, 1.807) is 6.07 Å². The molecule has 1 aliphatic rings. The van der Waals surface area contributed by atoms with Gasteiger partial charge >= 0.3 is 0 Å². The van der Waals surface area contributed by atoms with Gasteiger partial charge in [-0.1, -0.05) is 20.3 Å². The first-order valence-electron chi connectivity index (χ1n) is 6.84. The summed E-state index contributed by atoms with van der Waals surface area (Å²) in [5, 5.41) is 3.40. The predicted molar refractivity (Wildman–Crippen MR) is 76.8 cm³/mol. The van der Waals surface area contributed by atoms with Gasteiger partial charge in [-0.05, 0) is 30.7 Å². The molecule has 0 bridgehead atoms. The van der Waals surface area contributed by atoms with Crippen molar-refractivity contribution in [2.24, 2.45) is 17.6 Å². The number of amides is 1. The summed E-state index contributed by atoms with van der Waals surface area (Å²) in [5.41, 5.74) is 11.6. The van der Waals surface area contributed by atoms with Crippen molar-refractivity contribution < 1.29 is 4.79 Å². The van der Waals surface area contributed by atoms with E-state index in [1.165, 1.54) is 19.0 Å². The maximum atomic E-state index is 11.3. The molecule has 3 unspecified atom stereocenters. The maximum Gasteiger partial charge on any atom is 0.250 e. The van der Waals surface area contributed by atoms with E-state index in [0.29, 0.717) is 29.0 Å². The molecule has 104 valence electrons. The minimum atomic E-state index is -0.520. The van der Waals surface area contributed by atoms with Gasteiger partial charge in [-0.3, -0.25) is 4.79 Å². The highest BCUT2D eigenvalue weighted by Crippen LogP contribution is 2.35. The number of hydrogen-bond donors (Lipinski definition) is 3. The second-order valence-corrected chi connectivity index (χ2v) is 5.38. The number of rotatable bonds is 4. The van der Waals surface area contributed by atoms with Gasteiger partial charge in [0.2, 0.25) is 0 Å². The van der Waals surface area contributed by atoms with Crippen molar-refractivity contribution in [3.8, 4) is 0 Å². The lowest BCUT2D eigenvalue weighted by Gasteiger charge is -2.21. The van der Waals surface area contributed by atoms with Crippen LogP contribution in [0.3, 0.4) is 0 Å². The SMILES string of the molecule is CCC1CCC(Nc2cc(C(N)=O)c(N)cn2)C1C. The van der Waals surface area contributed by atoms with Gasteiger partial charge in [-0.15, -0.1) is 0 Å². The molecule has 1 fully saturated rings. The molecule has 3 atom stereocenters. The minimum Gasteiger partial charge on any atom is -0.397 e. The number of nitrogen functional groups attached to an aromatic ring is 1. The molecule has 1 saturated carbocycles. The zero-order valence-corrected chi connectivity index (χ0v) is 11.5. The summed E-state index contributed by atoms with van der Waals surface area (Å²) in [6.45, 7) is 4.50. The van der Waals surface area contributed by atoms with Gasteiger partial charge in [0.05, 0.1) is 17.4 Å². The van der Waals surface area contributed by atoms with Crippen LogP contribution in [0.4, 0.5) is 11.5 Å². The highest BCUT2D eigenvalue weighted by molar-refractivity contribution is 5.98. The van der Waals surface area contributed by atoms with Crippen LogP contribution in [0.5, 0.6) is 0 Å². The van der Waals surface area contributed by atoms with Gasteiger partial charge in [0.1, 0.15) is 5.82 Å². The fourth-order valence-corrected chi connectivity index (χ4v) is 2.98. The Morgan fingerprint density at radius 3 is 2.84 bits per heavy atom. The number of nitrogens with zero attached hydrogens (tertiary/aromatic N) is 1. The van der Waals surface area contributed by atoms with Crippen LogP contribution in [0.15, 0.2) is 12.3 Å². The average molecular weight is 262 g/mol. The zero-order chi connectivity index (χ0) is 14.0. The first kappa shape index (κ1) is 13.6. The second-order valence-electron chi connectivity index (χ2n) is 5.38. The summed E-state index contributed by atoms with van der Waals surface area (Å²) < 4.78 is 0. The molecule has 1 aromatic heterocycles. The largest absolute Gasteiger partial charge is 0.397 e. The van der Waals surface area contributed by atoms with Crippen molar-refractivity contribution in [2.75, 3.05) is 11.1 Å². The Kier molecular flexibility index (Phi) is 3.93. The van der Waals surface area contributed by atoms with Crippen molar-refractivity contribution in [2.45, 2.75) is 39.2 Å². The fraction of sp³-hybridized carbons (Fsp3) is 0.571. The topological polar surface area (TPSA) is 94.0 Å². The molecule has 1 aromatic rings. The number of primary amides is 1. The Morgan fingerprint density at radius 2 is 2.26 bits per heavy atom. The van der Waals surface area contributed by atoms with Crippen LogP contribution >= 0.6 is 0 Å². The number of carbonyl (C=O) groups excluding carboxylic acids is 1. The summed E-state index contributed by atoms with van der Waals surface area (Å²) >= 11 is 0. The molecule has 0 spiro atoms. The number of hydrogen-bond acceptors (Lipinski definition) is 4. The number of anilines is 2. The van der Waals surface area contributed by atoms with Crippen LogP contribution in [-0.2, 0) is 0 Å². The summed E-state index contributed by atoms with van der Waals surface area (Å²) in [6.07, 6.45) is 5.07. The summed E-state index contributed by atoms with van der Waals surface area (Å²) in [5.74, 6) is 1.54. The van der Waals surface area contributed by atoms with Crippen LogP contribution in [0.2, 0.25) is 0 Å². The molecule has 1 aliphatic carbocycles. The fourth-order valence-electron chi connectivity index (χ4n) is 2.98. The quantitative estimate of drug-likeness (QED) is 0.773. The zero-order valence-electron chi connectivity index (χ0n) is 11.5. The molecule has 0 aliphatic heterocycles. The number of aromatic nitrogens is 1. The third-order valence-corrected chi connectivity index (χ3v) is 4.28. The number of nitrogens with one attached hydrogen (secondary N) is 1. The molecule has 2 rings (SSSR count). The van der Waals surface area contributed by atoms with E-state index in [0.717, 1.165) is 12.3 Å². The van der Waals surface area contributed by atoms with E-state index < -0.39 is 5.91 Å². The van der Waals surface area contributed by atoms with Crippen molar-refractivity contribution >= 4 is 17.4 Å². The lowest BCUT2D eigenvalue weighted by atomic mass is 9.93. The van der Waals surface area contributed by atoms with Gasteiger partial charge < -0.3 is 16.8 Å². The molecule has 5 nitrogen and oxygen atoms in total. The van der Waals surface area contributed by atoms with Crippen LogP contribution in [-0.4, -0.2) is 16.9 Å². The lowest BCUT2D eigenvalue weighted by molar-refractivity contribution is 0.100. The molecular formula is C14H22N4O. The van der Waals surface area contributed by atoms with Crippen LogP contribution in [0, 0.1) is 11.8 Å². The van der Waals surface area contributed by atoms with Crippen LogP contribution < -0.4 is 16.8 Å². The van der Waals surface area contributed by atoms with Crippen molar-refractivity contribution in [1.82, 2.24) is 4.98 Å². The molecule has 5 N–H and O–H groups in total. The predicted octanol–water partition coefficient (Wildman–Crippen LogP) is 2.00. The molecule has 5 heteroatoms. The van der Waals surface area contributed by atoms with Crippen molar-refractivity contribution in [3.63, 3.8) is 0 Å². The third kappa shape index (κ3) is 2.80. The molecular weight excluding hydrogens is 240 g/mol. The number of nitrogens with two attached hydrogens (primary N) is 2. The van der Waals surface area contributed by atoms with Crippen molar-refractivity contribution in [3.05, 3.63) is 17.8 Å². The summed E-state index contributed by atoms with van der Waals surface area (Å²) in [4.78, 5) is 15.5. The minimum absolute atomic E-state index is 0.323. The highest BCUT2D eigenvalue weighted by Gasteiger charge is 2.31. The molecule has 1 heterocycles. The van der Waals surface area contributed by atoms with Gasteiger partial charge in [-0.2, -0.15) is 0 Å². The second kappa shape index (κ2) is 5.47. The number of carbonyl (C=O) groups is 1. The smallest absolute Gasteiger partial charge is 0.250 e. The van der Waals surface area contributed by atoms with E-state index >= 15 is 0 Å². The van der Waals surface area contributed by atoms with Crippen LogP contribution in [0.25, 0.3) is 0 Å². The first-order valence-corrected chi connectivity index (χ1v) is 6.84. The standard InChI is InChI=1S/C14H22N4O/c1-3-9-4-5-12(8(9)2)18-13-6-10(14(16)19)11(15)7-17-13/h6-9,12H,3-5,15H2,1-2H3,(H2,16,19)(H,17,18). The molecule has 0 saturated heterocycles. The Morgan fingerprint density at radius 1 is 1.53 bits per heavy atom.